The largest absolute Gasteiger partial charge is 0.371 e. The molecule has 2 atom stereocenters. The third-order valence-corrected chi connectivity index (χ3v) is 3.75. The fraction of sp³-hybridized carbons (Fsp3) is 0.533. The second-order valence-corrected chi connectivity index (χ2v) is 5.85. The zero-order chi connectivity index (χ0) is 13.8. The van der Waals surface area contributed by atoms with Crippen LogP contribution in [0.3, 0.4) is 0 Å². The Labute approximate surface area is 119 Å². The summed E-state index contributed by atoms with van der Waals surface area (Å²) in [5, 5.41) is 2.75. The van der Waals surface area contributed by atoms with Crippen LogP contribution < -0.4 is 10.2 Å². The number of carbonyl (C=O) groups excluding carboxylic acids is 1. The van der Waals surface area contributed by atoms with Crippen molar-refractivity contribution in [2.45, 2.75) is 20.3 Å². The highest BCUT2D eigenvalue weighted by Crippen LogP contribution is 2.27. The topological polar surface area (TPSA) is 32.3 Å². The van der Waals surface area contributed by atoms with E-state index in [0.717, 1.165) is 30.6 Å². The SMILES string of the molecule is CC1CC(C)CN(c2ccc(NC(=O)CCl)cc2)C1. The molecule has 1 saturated heterocycles. The molecule has 1 aromatic rings. The Bertz CT molecular complexity index is 422. The highest BCUT2D eigenvalue weighted by molar-refractivity contribution is 6.29. The van der Waals surface area contributed by atoms with Crippen LogP contribution in [-0.2, 0) is 4.79 Å². The van der Waals surface area contributed by atoms with Crippen LogP contribution in [0.4, 0.5) is 11.4 Å². The van der Waals surface area contributed by atoms with Crippen LogP contribution in [0.5, 0.6) is 0 Å². The van der Waals surface area contributed by atoms with E-state index in [1.807, 2.05) is 12.1 Å². The Morgan fingerprint density at radius 2 is 1.84 bits per heavy atom. The third-order valence-electron chi connectivity index (χ3n) is 3.51. The van der Waals surface area contributed by atoms with E-state index in [-0.39, 0.29) is 11.8 Å². The number of hydrogen-bond donors (Lipinski definition) is 1. The molecule has 0 aliphatic carbocycles. The number of amides is 1. The predicted octanol–water partition coefficient (Wildman–Crippen LogP) is 3.35. The van der Waals surface area contributed by atoms with E-state index < -0.39 is 0 Å². The molecule has 1 amide bonds. The normalized spacial score (nSPS) is 23.2. The first kappa shape index (κ1) is 14.2. The molecule has 1 aromatic carbocycles. The van der Waals surface area contributed by atoms with Gasteiger partial charge >= 0.3 is 0 Å². The van der Waals surface area contributed by atoms with Crippen molar-refractivity contribution in [3.8, 4) is 0 Å². The molecule has 104 valence electrons. The lowest BCUT2D eigenvalue weighted by atomic mass is 9.91. The molecule has 3 nitrogen and oxygen atoms in total. The molecule has 1 N–H and O–H groups in total. The van der Waals surface area contributed by atoms with Gasteiger partial charge in [-0.15, -0.1) is 11.6 Å². The summed E-state index contributed by atoms with van der Waals surface area (Å²) in [5.41, 5.74) is 2.02. The van der Waals surface area contributed by atoms with Crippen LogP contribution >= 0.6 is 11.6 Å². The summed E-state index contributed by atoms with van der Waals surface area (Å²) in [6, 6.07) is 8.00. The van der Waals surface area contributed by atoms with Crippen molar-refractivity contribution < 1.29 is 4.79 Å². The predicted molar refractivity (Wildman–Crippen MR) is 80.9 cm³/mol. The molecular formula is C15H21ClN2O. The van der Waals surface area contributed by atoms with E-state index in [4.69, 9.17) is 11.6 Å². The van der Waals surface area contributed by atoms with Crippen LogP contribution in [0.15, 0.2) is 24.3 Å². The van der Waals surface area contributed by atoms with E-state index in [1.165, 1.54) is 12.1 Å². The van der Waals surface area contributed by atoms with Gasteiger partial charge in [0.1, 0.15) is 5.88 Å². The quantitative estimate of drug-likeness (QED) is 0.861. The number of halogens is 1. The molecule has 2 rings (SSSR count). The number of rotatable bonds is 3. The summed E-state index contributed by atoms with van der Waals surface area (Å²) in [5.74, 6) is 1.29. The lowest BCUT2D eigenvalue weighted by molar-refractivity contribution is -0.113. The van der Waals surface area contributed by atoms with Gasteiger partial charge in [0.25, 0.3) is 0 Å². The van der Waals surface area contributed by atoms with Gasteiger partial charge in [-0.05, 0) is 42.5 Å². The van der Waals surface area contributed by atoms with E-state index in [9.17, 15) is 4.79 Å². The summed E-state index contributed by atoms with van der Waals surface area (Å²) in [6.07, 6.45) is 1.31. The van der Waals surface area contributed by atoms with Crippen LogP contribution in [0, 0.1) is 11.8 Å². The Kier molecular flexibility index (Phi) is 4.70. The van der Waals surface area contributed by atoms with Crippen LogP contribution in [0.2, 0.25) is 0 Å². The summed E-state index contributed by atoms with van der Waals surface area (Å²) in [7, 11) is 0. The molecule has 19 heavy (non-hydrogen) atoms. The maximum atomic E-state index is 11.2. The Morgan fingerprint density at radius 1 is 1.26 bits per heavy atom. The summed E-state index contributed by atoms with van der Waals surface area (Å²) in [4.78, 5) is 13.6. The van der Waals surface area contributed by atoms with E-state index in [0.29, 0.717) is 0 Å². The van der Waals surface area contributed by atoms with Gasteiger partial charge in [-0.3, -0.25) is 4.79 Å². The summed E-state index contributed by atoms with van der Waals surface area (Å²) < 4.78 is 0. The minimum Gasteiger partial charge on any atom is -0.371 e. The monoisotopic (exact) mass is 280 g/mol. The van der Waals surface area contributed by atoms with Crippen molar-refractivity contribution in [1.82, 2.24) is 0 Å². The Morgan fingerprint density at radius 3 is 2.37 bits per heavy atom. The average Bonchev–Trinajstić information content (AvgIpc) is 2.38. The van der Waals surface area contributed by atoms with Crippen molar-refractivity contribution in [2.75, 3.05) is 29.2 Å². The molecule has 0 radical (unpaired) electrons. The minimum absolute atomic E-state index is 0.0110. The number of nitrogens with zero attached hydrogens (tertiary/aromatic N) is 1. The van der Waals surface area contributed by atoms with Crippen molar-refractivity contribution in [3.63, 3.8) is 0 Å². The van der Waals surface area contributed by atoms with Gasteiger partial charge in [-0.1, -0.05) is 13.8 Å². The van der Waals surface area contributed by atoms with Crippen LogP contribution in [0.25, 0.3) is 0 Å². The molecule has 2 unspecified atom stereocenters. The molecule has 1 aliphatic rings. The zero-order valence-corrected chi connectivity index (χ0v) is 12.3. The van der Waals surface area contributed by atoms with Gasteiger partial charge in [0.05, 0.1) is 0 Å². The highest BCUT2D eigenvalue weighted by atomic mass is 35.5. The average molecular weight is 281 g/mol. The maximum Gasteiger partial charge on any atom is 0.239 e. The molecule has 1 fully saturated rings. The number of benzene rings is 1. The van der Waals surface area contributed by atoms with Crippen molar-refractivity contribution >= 4 is 28.9 Å². The molecule has 0 spiro atoms. The first-order valence-corrected chi connectivity index (χ1v) is 7.32. The first-order valence-electron chi connectivity index (χ1n) is 6.79. The third kappa shape index (κ3) is 3.87. The molecule has 0 bridgehead atoms. The van der Waals surface area contributed by atoms with Crippen LogP contribution in [-0.4, -0.2) is 24.9 Å². The van der Waals surface area contributed by atoms with Crippen molar-refractivity contribution in [2.24, 2.45) is 11.8 Å². The first-order chi connectivity index (χ1) is 9.08. The molecule has 4 heteroatoms. The Hall–Kier alpha value is -1.22. The molecule has 1 aliphatic heterocycles. The zero-order valence-electron chi connectivity index (χ0n) is 11.5. The van der Waals surface area contributed by atoms with Crippen molar-refractivity contribution in [1.29, 1.82) is 0 Å². The number of alkyl halides is 1. The Balaban J connectivity index is 2.03. The van der Waals surface area contributed by atoms with Gasteiger partial charge in [0.15, 0.2) is 0 Å². The second kappa shape index (κ2) is 6.29. The van der Waals surface area contributed by atoms with Gasteiger partial charge in [-0.2, -0.15) is 0 Å². The van der Waals surface area contributed by atoms with Crippen molar-refractivity contribution in [3.05, 3.63) is 24.3 Å². The van der Waals surface area contributed by atoms with E-state index in [2.05, 4.69) is 36.2 Å². The van der Waals surface area contributed by atoms with Gasteiger partial charge in [0.2, 0.25) is 5.91 Å². The van der Waals surface area contributed by atoms with Gasteiger partial charge in [0, 0.05) is 24.5 Å². The summed E-state index contributed by atoms with van der Waals surface area (Å²) in [6.45, 7) is 6.82. The summed E-state index contributed by atoms with van der Waals surface area (Å²) >= 11 is 5.47. The fourth-order valence-electron chi connectivity index (χ4n) is 2.82. The number of anilines is 2. The molecular weight excluding hydrogens is 260 g/mol. The van der Waals surface area contributed by atoms with E-state index >= 15 is 0 Å². The number of nitrogens with one attached hydrogen (secondary N) is 1. The molecule has 0 saturated carbocycles. The van der Waals surface area contributed by atoms with Gasteiger partial charge in [-0.25, -0.2) is 0 Å². The van der Waals surface area contributed by atoms with Gasteiger partial charge < -0.3 is 10.2 Å². The second-order valence-electron chi connectivity index (χ2n) is 5.58. The maximum absolute atomic E-state index is 11.2. The standard InChI is InChI=1S/C15H21ClN2O/c1-11-7-12(2)10-18(9-11)14-5-3-13(4-6-14)17-15(19)8-16/h3-6,11-12H,7-10H2,1-2H3,(H,17,19). The fourth-order valence-corrected chi connectivity index (χ4v) is 2.89. The lowest BCUT2D eigenvalue weighted by Gasteiger charge is -2.36. The number of hydrogen-bond acceptors (Lipinski definition) is 2. The molecule has 0 aromatic heterocycles. The van der Waals surface area contributed by atoms with E-state index in [1.54, 1.807) is 0 Å². The number of piperidine rings is 1. The smallest absolute Gasteiger partial charge is 0.239 e. The number of carbonyl (C=O) groups is 1. The highest BCUT2D eigenvalue weighted by Gasteiger charge is 2.21. The lowest BCUT2D eigenvalue weighted by Crippen LogP contribution is -2.38. The molecule has 1 heterocycles. The van der Waals surface area contributed by atoms with Crippen LogP contribution in [0.1, 0.15) is 20.3 Å². The minimum atomic E-state index is -0.172.